The summed E-state index contributed by atoms with van der Waals surface area (Å²) in [6, 6.07) is -2.44. The molecular weight excluding hydrogens is 711 g/mol. The fourth-order valence-corrected chi connectivity index (χ4v) is 10.6. The van der Waals surface area contributed by atoms with Gasteiger partial charge in [0.1, 0.15) is 12.1 Å². The van der Waals surface area contributed by atoms with Gasteiger partial charge < -0.3 is 31.3 Å². The van der Waals surface area contributed by atoms with Crippen molar-refractivity contribution in [1.82, 2.24) is 26.2 Å². The highest BCUT2D eigenvalue weighted by atomic mass is 32.2. The number of hydrogen-bond donors (Lipinski definition) is 5. The molecule has 0 aromatic heterocycles. The van der Waals surface area contributed by atoms with E-state index in [1.165, 1.54) is 33.1 Å². The first-order valence-corrected chi connectivity index (χ1v) is 22.3. The maximum Gasteiger partial charge on any atom is 0.315 e. The zero-order chi connectivity index (χ0) is 40.1. The normalized spacial score (nSPS) is 25.9. The van der Waals surface area contributed by atoms with Crippen molar-refractivity contribution in [3.63, 3.8) is 0 Å². The first kappa shape index (κ1) is 44.0. The zero-order valence-electron chi connectivity index (χ0n) is 34.0. The number of likely N-dealkylation sites (tertiary alicyclic amines) is 1. The van der Waals surface area contributed by atoms with Crippen LogP contribution in [-0.4, -0.2) is 102 Å². The lowest BCUT2D eigenvalue weighted by Gasteiger charge is -2.44. The van der Waals surface area contributed by atoms with E-state index in [1.54, 1.807) is 4.90 Å². The molecule has 5 N–H and O–H groups in total. The zero-order valence-corrected chi connectivity index (χ0v) is 34.8. The summed E-state index contributed by atoms with van der Waals surface area (Å²) in [6.45, 7) is 12.8. The van der Waals surface area contributed by atoms with Crippen molar-refractivity contribution >= 4 is 39.4 Å². The molecule has 0 unspecified atom stereocenters. The van der Waals surface area contributed by atoms with E-state index in [1.807, 2.05) is 6.92 Å². The molecule has 4 aliphatic carbocycles. The predicted molar refractivity (Wildman–Crippen MR) is 208 cm³/mol. The standard InChI is InChI=1S/C35H57N5O8S.C5H12/c1-32(2,20-41)49(47,48)21-35(16-10-7-11-17-35)39-31(46)38-27(34(5)14-8-6-9-15-34)30(45)40-19-23-25(33(23,3)4)26(40)29(44)36-18-24(42)28(43)37-22-12-13-22;1-3-5-4-2/h22-23,25-27,41H,6-21H2,1-5H3,(H,36,44)(H,37,43)(H2,38,39,46);3-5H2,1-2H3/t23-,25-,26-,27+;/m0./s1. The lowest BCUT2D eigenvalue weighted by Crippen LogP contribution is -2.65. The Hall–Kier alpha value is -2.74. The number of nitrogens with zero attached hydrogens (tertiary/aromatic N) is 1. The fourth-order valence-electron chi connectivity index (χ4n) is 8.96. The van der Waals surface area contributed by atoms with Crippen molar-refractivity contribution < 1.29 is 37.5 Å². The van der Waals surface area contributed by atoms with Crippen LogP contribution in [0.4, 0.5) is 4.79 Å². The van der Waals surface area contributed by atoms with Gasteiger partial charge in [0.05, 0.1) is 29.2 Å². The number of Topliss-reactive ketones (excluding diaryl/α,β-unsaturated/α-hetero) is 1. The summed E-state index contributed by atoms with van der Waals surface area (Å²) in [5.41, 5.74) is -1.84. The molecule has 5 rings (SSSR count). The molecule has 0 aromatic carbocycles. The van der Waals surface area contributed by atoms with Gasteiger partial charge in [-0.15, -0.1) is 0 Å². The van der Waals surface area contributed by atoms with E-state index in [0.29, 0.717) is 32.2 Å². The number of piperidine rings is 1. The summed E-state index contributed by atoms with van der Waals surface area (Å²) in [4.78, 5) is 68.6. The van der Waals surface area contributed by atoms with Crippen molar-refractivity contribution in [3.05, 3.63) is 0 Å². The number of hydrogen-bond acceptors (Lipinski definition) is 8. The molecule has 1 saturated heterocycles. The molecule has 1 aliphatic heterocycles. The van der Waals surface area contributed by atoms with Gasteiger partial charge in [-0.3, -0.25) is 19.2 Å². The van der Waals surface area contributed by atoms with Crippen molar-refractivity contribution in [1.29, 1.82) is 0 Å². The molecule has 54 heavy (non-hydrogen) atoms. The highest BCUT2D eigenvalue weighted by Crippen LogP contribution is 2.65. The summed E-state index contributed by atoms with van der Waals surface area (Å²) >= 11 is 0. The first-order chi connectivity index (χ1) is 25.3. The molecule has 4 atom stereocenters. The fraction of sp³-hybridized carbons (Fsp3) is 0.875. The molecule has 0 aromatic rings. The van der Waals surface area contributed by atoms with Gasteiger partial charge in [-0.25, -0.2) is 13.2 Å². The second-order valence-corrected chi connectivity index (χ2v) is 21.0. The van der Waals surface area contributed by atoms with Gasteiger partial charge in [-0.05, 0) is 75.0 Å². The maximum atomic E-state index is 14.7. The summed E-state index contributed by atoms with van der Waals surface area (Å²) in [5.74, 6) is -2.71. The Morgan fingerprint density at radius 3 is 1.98 bits per heavy atom. The third-order valence-electron chi connectivity index (χ3n) is 13.1. The van der Waals surface area contributed by atoms with Gasteiger partial charge in [0.2, 0.25) is 17.6 Å². The maximum absolute atomic E-state index is 14.7. The highest BCUT2D eigenvalue weighted by Gasteiger charge is 2.70. The first-order valence-electron chi connectivity index (χ1n) is 20.6. The van der Waals surface area contributed by atoms with Crippen LogP contribution in [-0.2, 0) is 29.0 Å². The number of carbonyl (C=O) groups is 5. The number of aliphatic hydroxyl groups excluding tert-OH is 1. The Morgan fingerprint density at radius 2 is 1.46 bits per heavy atom. The van der Waals surface area contributed by atoms with E-state index >= 15 is 0 Å². The van der Waals surface area contributed by atoms with Gasteiger partial charge in [-0.2, -0.15) is 0 Å². The second-order valence-electron chi connectivity index (χ2n) is 18.4. The summed E-state index contributed by atoms with van der Waals surface area (Å²) in [7, 11) is -3.81. The molecule has 13 nitrogen and oxygen atoms in total. The van der Waals surface area contributed by atoms with Gasteiger partial charge in [0.15, 0.2) is 9.84 Å². The van der Waals surface area contributed by atoms with E-state index in [0.717, 1.165) is 51.4 Å². The molecule has 308 valence electrons. The van der Waals surface area contributed by atoms with Gasteiger partial charge in [0.25, 0.3) is 5.91 Å². The minimum Gasteiger partial charge on any atom is -0.395 e. The molecule has 5 fully saturated rings. The predicted octanol–water partition coefficient (Wildman–Crippen LogP) is 4.16. The Balaban J connectivity index is 0.00000122. The van der Waals surface area contributed by atoms with Crippen LogP contribution in [0.3, 0.4) is 0 Å². The quantitative estimate of drug-likeness (QED) is 0.153. The monoisotopic (exact) mass is 779 g/mol. The number of nitrogens with one attached hydrogen (secondary N) is 4. The molecule has 5 amide bonds. The number of rotatable bonds is 15. The van der Waals surface area contributed by atoms with Gasteiger partial charge >= 0.3 is 6.03 Å². The van der Waals surface area contributed by atoms with Crippen LogP contribution in [0, 0.1) is 22.7 Å². The summed E-state index contributed by atoms with van der Waals surface area (Å²) in [6.07, 6.45) is 13.2. The Morgan fingerprint density at radius 1 is 0.889 bits per heavy atom. The lowest BCUT2D eigenvalue weighted by molar-refractivity contribution is -0.145. The molecule has 0 radical (unpaired) electrons. The van der Waals surface area contributed by atoms with Crippen LogP contribution >= 0.6 is 0 Å². The number of urea groups is 1. The van der Waals surface area contributed by atoms with Crippen molar-refractivity contribution in [2.24, 2.45) is 22.7 Å². The number of aliphatic hydroxyl groups is 1. The largest absolute Gasteiger partial charge is 0.395 e. The molecule has 0 spiro atoms. The SMILES string of the molecule is CC1([C@H](NC(=O)NC2(CS(=O)(=O)C(C)(C)CO)CCCCC2)C(=O)N2C[C@H]3[C@@H]([C@H]2C(=O)NCC(=O)C(=O)NC2CC2)C3(C)C)CCCCC1.CCCCC. The molecule has 14 heteroatoms. The minimum absolute atomic E-state index is 0.00989. The Bertz CT molecular complexity index is 1480. The number of amides is 5. The highest BCUT2D eigenvalue weighted by molar-refractivity contribution is 7.92. The van der Waals surface area contributed by atoms with Crippen LogP contribution in [0.25, 0.3) is 0 Å². The molecule has 5 aliphatic rings. The van der Waals surface area contributed by atoms with E-state index in [4.69, 9.17) is 0 Å². The number of unbranched alkanes of at least 4 members (excludes halogenated alkanes) is 2. The van der Waals surface area contributed by atoms with Crippen molar-refractivity contribution in [3.8, 4) is 0 Å². The topological polar surface area (TPSA) is 191 Å². The van der Waals surface area contributed by atoms with E-state index in [9.17, 15) is 37.5 Å². The number of carbonyl (C=O) groups excluding carboxylic acids is 5. The van der Waals surface area contributed by atoms with Crippen molar-refractivity contribution in [2.75, 3.05) is 25.4 Å². The Labute approximate surface area is 323 Å². The molecule has 4 saturated carbocycles. The van der Waals surface area contributed by atoms with Gasteiger partial charge in [-0.1, -0.05) is 92.4 Å². The van der Waals surface area contributed by atoms with E-state index in [-0.39, 0.29) is 35.0 Å². The van der Waals surface area contributed by atoms with Crippen LogP contribution in [0.2, 0.25) is 0 Å². The van der Waals surface area contributed by atoms with Crippen LogP contribution in [0.1, 0.15) is 145 Å². The molecular formula is C40H69N5O8S. The third-order valence-corrected chi connectivity index (χ3v) is 15.9. The lowest BCUT2D eigenvalue weighted by atomic mass is 9.70. The third kappa shape index (κ3) is 10.2. The molecule has 0 bridgehead atoms. The Kier molecular flexibility index (Phi) is 14.3. The van der Waals surface area contributed by atoms with Crippen LogP contribution < -0.4 is 21.3 Å². The smallest absolute Gasteiger partial charge is 0.315 e. The summed E-state index contributed by atoms with van der Waals surface area (Å²) in [5, 5.41) is 21.1. The van der Waals surface area contributed by atoms with Gasteiger partial charge in [0, 0.05) is 12.6 Å². The second kappa shape index (κ2) is 17.6. The number of sulfone groups is 1. The van der Waals surface area contributed by atoms with E-state index < -0.39 is 74.4 Å². The average Bonchev–Trinajstić information content (AvgIpc) is 3.97. The van der Waals surface area contributed by atoms with Crippen molar-refractivity contribution in [2.45, 2.75) is 173 Å². The van der Waals surface area contributed by atoms with Crippen LogP contribution in [0.5, 0.6) is 0 Å². The van der Waals surface area contributed by atoms with Crippen LogP contribution in [0.15, 0.2) is 0 Å². The number of ketones is 1. The minimum atomic E-state index is -3.81. The summed E-state index contributed by atoms with van der Waals surface area (Å²) < 4.78 is 25.5. The number of fused-ring (bicyclic) bond motifs is 1. The molecule has 1 heterocycles. The average molecular weight is 780 g/mol. The van der Waals surface area contributed by atoms with E-state index in [2.05, 4.69) is 49.0 Å².